The van der Waals surface area contributed by atoms with E-state index in [1.807, 2.05) is 0 Å². The topological polar surface area (TPSA) is 38.3 Å². The van der Waals surface area contributed by atoms with Crippen molar-refractivity contribution < 1.29 is 22.7 Å². The fraction of sp³-hybridized carbons (Fsp3) is 0.923. The molecule has 0 bridgehead atoms. The molecule has 1 rings (SSSR count). The Morgan fingerprint density at radius 3 is 2.37 bits per heavy atom. The van der Waals surface area contributed by atoms with E-state index < -0.39 is 18.9 Å². The van der Waals surface area contributed by atoms with Gasteiger partial charge in [-0.3, -0.25) is 0 Å². The van der Waals surface area contributed by atoms with Gasteiger partial charge in [0.05, 0.1) is 0 Å². The lowest BCUT2D eigenvalue weighted by molar-refractivity contribution is -0.160. The van der Waals surface area contributed by atoms with E-state index in [2.05, 4.69) is 23.9 Å². The Bertz CT molecular complexity index is 286. The normalized spacial score (nSPS) is 25.7. The third-order valence-electron chi connectivity index (χ3n) is 3.91. The van der Waals surface area contributed by atoms with Crippen molar-refractivity contribution in [3.8, 4) is 0 Å². The minimum absolute atomic E-state index is 0.0546. The molecule has 0 heterocycles. The van der Waals surface area contributed by atoms with Crippen LogP contribution < -0.4 is 5.32 Å². The number of alkyl halides is 3. The van der Waals surface area contributed by atoms with Crippen LogP contribution in [0.2, 0.25) is 0 Å². The van der Waals surface area contributed by atoms with Crippen molar-refractivity contribution in [2.45, 2.75) is 58.2 Å². The summed E-state index contributed by atoms with van der Waals surface area (Å²) < 4.78 is 39.7. The first-order valence-electron chi connectivity index (χ1n) is 6.82. The zero-order valence-corrected chi connectivity index (χ0v) is 11.4. The van der Waals surface area contributed by atoms with Crippen molar-refractivity contribution >= 4 is 6.09 Å². The number of carbonyl (C=O) groups is 1. The predicted molar refractivity (Wildman–Crippen MR) is 65.7 cm³/mol. The minimum atomic E-state index is -4.47. The fourth-order valence-corrected chi connectivity index (χ4v) is 2.52. The Morgan fingerprint density at radius 2 is 1.89 bits per heavy atom. The highest BCUT2D eigenvalue weighted by molar-refractivity contribution is 5.67. The second-order valence-corrected chi connectivity index (χ2v) is 5.33. The molecule has 1 amide bonds. The maximum absolute atomic E-state index is 11.9. The van der Waals surface area contributed by atoms with Crippen LogP contribution in [0.25, 0.3) is 0 Å². The Hall–Kier alpha value is -0.940. The summed E-state index contributed by atoms with van der Waals surface area (Å²) >= 11 is 0. The number of alkyl carbamates (subject to hydrolysis) is 1. The molecular weight excluding hydrogens is 259 g/mol. The van der Waals surface area contributed by atoms with Gasteiger partial charge in [0.1, 0.15) is 0 Å². The zero-order valence-electron chi connectivity index (χ0n) is 11.4. The van der Waals surface area contributed by atoms with Gasteiger partial charge in [0.15, 0.2) is 6.61 Å². The molecular formula is C13H22F3NO2. The van der Waals surface area contributed by atoms with Crippen molar-refractivity contribution in [3.63, 3.8) is 0 Å². The van der Waals surface area contributed by atoms with Gasteiger partial charge >= 0.3 is 12.3 Å². The van der Waals surface area contributed by atoms with Gasteiger partial charge in [-0.25, -0.2) is 4.79 Å². The number of rotatable bonds is 4. The first kappa shape index (κ1) is 16.1. The molecule has 1 fully saturated rings. The molecule has 0 saturated heterocycles. The summed E-state index contributed by atoms with van der Waals surface area (Å²) in [6.45, 7) is 2.85. The molecule has 1 unspecified atom stereocenters. The number of hydrogen-bond acceptors (Lipinski definition) is 2. The van der Waals surface area contributed by atoms with E-state index in [1.165, 1.54) is 0 Å². The predicted octanol–water partition coefficient (Wildman–Crippen LogP) is 3.88. The molecule has 1 saturated carbocycles. The lowest BCUT2D eigenvalue weighted by Crippen LogP contribution is -2.39. The van der Waals surface area contributed by atoms with Crippen LogP contribution in [0.4, 0.5) is 18.0 Å². The average Bonchev–Trinajstić information content (AvgIpc) is 2.35. The number of amides is 1. The van der Waals surface area contributed by atoms with Gasteiger partial charge in [-0.15, -0.1) is 0 Å². The second-order valence-electron chi connectivity index (χ2n) is 5.33. The van der Waals surface area contributed by atoms with Gasteiger partial charge in [-0.05, 0) is 37.5 Å². The zero-order chi connectivity index (χ0) is 14.5. The molecule has 0 aromatic carbocycles. The molecule has 0 aliphatic heterocycles. The van der Waals surface area contributed by atoms with E-state index in [-0.39, 0.29) is 6.04 Å². The Kier molecular flexibility index (Phi) is 5.94. The molecule has 1 atom stereocenters. The summed E-state index contributed by atoms with van der Waals surface area (Å²) in [5.41, 5.74) is 0. The molecule has 1 N–H and O–H groups in total. The minimum Gasteiger partial charge on any atom is -0.440 e. The highest BCUT2D eigenvalue weighted by Crippen LogP contribution is 2.31. The van der Waals surface area contributed by atoms with Gasteiger partial charge in [0, 0.05) is 6.04 Å². The van der Waals surface area contributed by atoms with Crippen LogP contribution in [-0.2, 0) is 4.74 Å². The van der Waals surface area contributed by atoms with Crippen LogP contribution in [0.3, 0.4) is 0 Å². The third kappa shape index (κ3) is 6.16. The summed E-state index contributed by atoms with van der Waals surface area (Å²) in [5, 5.41) is 2.51. The van der Waals surface area contributed by atoms with Crippen LogP contribution in [0, 0.1) is 11.8 Å². The number of halogens is 3. The molecule has 0 aromatic heterocycles. The maximum Gasteiger partial charge on any atom is 0.422 e. The van der Waals surface area contributed by atoms with Gasteiger partial charge in [-0.2, -0.15) is 13.2 Å². The van der Waals surface area contributed by atoms with Gasteiger partial charge in [0.2, 0.25) is 0 Å². The van der Waals surface area contributed by atoms with E-state index in [4.69, 9.17) is 0 Å². The Balaban J connectivity index is 2.23. The van der Waals surface area contributed by atoms with Crippen LogP contribution in [0.5, 0.6) is 0 Å². The van der Waals surface area contributed by atoms with Crippen LogP contribution >= 0.6 is 0 Å². The van der Waals surface area contributed by atoms with E-state index in [1.54, 1.807) is 0 Å². The Labute approximate surface area is 111 Å². The van der Waals surface area contributed by atoms with Crippen molar-refractivity contribution in [1.82, 2.24) is 5.32 Å². The standard InChI is InChI=1S/C13H22F3NO2/c1-3-9(2)10-4-6-11(7-5-10)17-12(18)19-8-13(14,15)16/h9-11H,3-8H2,1-2H3,(H,17,18). The van der Waals surface area contributed by atoms with Gasteiger partial charge in [-0.1, -0.05) is 20.3 Å². The van der Waals surface area contributed by atoms with Gasteiger partial charge < -0.3 is 10.1 Å². The molecule has 0 spiro atoms. The summed E-state index contributed by atoms with van der Waals surface area (Å²) in [4.78, 5) is 11.2. The van der Waals surface area contributed by atoms with Crippen LogP contribution in [-0.4, -0.2) is 24.9 Å². The quantitative estimate of drug-likeness (QED) is 0.849. The highest BCUT2D eigenvalue weighted by Gasteiger charge is 2.30. The lowest BCUT2D eigenvalue weighted by atomic mass is 9.78. The third-order valence-corrected chi connectivity index (χ3v) is 3.91. The number of carbonyl (C=O) groups excluding carboxylic acids is 1. The van der Waals surface area contributed by atoms with Crippen LogP contribution in [0.15, 0.2) is 0 Å². The molecule has 3 nitrogen and oxygen atoms in total. The molecule has 1 aliphatic rings. The SMILES string of the molecule is CCC(C)C1CCC(NC(=O)OCC(F)(F)F)CC1. The molecule has 19 heavy (non-hydrogen) atoms. The van der Waals surface area contributed by atoms with Gasteiger partial charge in [0.25, 0.3) is 0 Å². The summed E-state index contributed by atoms with van der Waals surface area (Å²) in [6, 6.07) is -0.0546. The summed E-state index contributed by atoms with van der Waals surface area (Å²) in [5.74, 6) is 1.33. The maximum atomic E-state index is 11.9. The largest absolute Gasteiger partial charge is 0.440 e. The van der Waals surface area contributed by atoms with Crippen molar-refractivity contribution in [2.75, 3.05) is 6.61 Å². The lowest BCUT2D eigenvalue weighted by Gasteiger charge is -2.32. The van der Waals surface area contributed by atoms with E-state index in [9.17, 15) is 18.0 Å². The first-order valence-corrected chi connectivity index (χ1v) is 6.82. The van der Waals surface area contributed by atoms with Crippen molar-refractivity contribution in [3.05, 3.63) is 0 Å². The fourth-order valence-electron chi connectivity index (χ4n) is 2.52. The first-order chi connectivity index (χ1) is 8.81. The van der Waals surface area contributed by atoms with Crippen LogP contribution in [0.1, 0.15) is 46.0 Å². The second kappa shape index (κ2) is 7.01. The summed E-state index contributed by atoms with van der Waals surface area (Å²) in [6.07, 6.45) is -0.642. The average molecular weight is 281 g/mol. The summed E-state index contributed by atoms with van der Waals surface area (Å²) in [7, 11) is 0. The molecule has 0 radical (unpaired) electrons. The molecule has 112 valence electrons. The van der Waals surface area contributed by atoms with E-state index >= 15 is 0 Å². The molecule has 1 aliphatic carbocycles. The highest BCUT2D eigenvalue weighted by atomic mass is 19.4. The van der Waals surface area contributed by atoms with E-state index in [0.29, 0.717) is 11.8 Å². The molecule has 6 heteroatoms. The van der Waals surface area contributed by atoms with Crippen molar-refractivity contribution in [2.24, 2.45) is 11.8 Å². The number of hydrogen-bond donors (Lipinski definition) is 1. The monoisotopic (exact) mass is 281 g/mol. The molecule has 0 aromatic rings. The van der Waals surface area contributed by atoms with Crippen molar-refractivity contribution in [1.29, 1.82) is 0 Å². The smallest absolute Gasteiger partial charge is 0.422 e. The van der Waals surface area contributed by atoms with E-state index in [0.717, 1.165) is 32.1 Å². The number of ether oxygens (including phenoxy) is 1. The number of nitrogens with one attached hydrogen (secondary N) is 1. The Morgan fingerprint density at radius 1 is 1.32 bits per heavy atom.